The minimum absolute atomic E-state index is 0.262. The second kappa shape index (κ2) is 9.59. The summed E-state index contributed by atoms with van der Waals surface area (Å²) < 4.78 is 0. The van der Waals surface area contributed by atoms with Gasteiger partial charge >= 0.3 is 0 Å². The highest BCUT2D eigenvalue weighted by atomic mass is 16.1. The fraction of sp³-hybridized carbons (Fsp3) is 0. The summed E-state index contributed by atoms with van der Waals surface area (Å²) in [6.07, 6.45) is 2.41. The van der Waals surface area contributed by atoms with Gasteiger partial charge in [0.1, 0.15) is 0 Å². The maximum absolute atomic E-state index is 12.1. The van der Waals surface area contributed by atoms with Crippen molar-refractivity contribution in [1.82, 2.24) is 0 Å². The molecule has 0 aliphatic heterocycles. The molecule has 0 spiro atoms. The molecule has 6 nitrogen and oxygen atoms in total. The quantitative estimate of drug-likeness (QED) is 0.353. The van der Waals surface area contributed by atoms with Crippen molar-refractivity contribution >= 4 is 35.4 Å². The zero-order chi connectivity index (χ0) is 19.6. The Hall–Kier alpha value is -4.06. The lowest BCUT2D eigenvalue weighted by atomic mass is 10.1. The second-order valence-corrected chi connectivity index (χ2v) is 5.78. The molecule has 0 aromatic heterocycles. The number of hydrazone groups is 2. The van der Waals surface area contributed by atoms with E-state index in [9.17, 15) is 9.59 Å². The van der Waals surface area contributed by atoms with Gasteiger partial charge < -0.3 is 0 Å². The lowest BCUT2D eigenvalue weighted by molar-refractivity contribution is 0.106. The van der Waals surface area contributed by atoms with Crippen LogP contribution in [0.4, 0.5) is 11.4 Å². The summed E-state index contributed by atoms with van der Waals surface area (Å²) in [6, 6.07) is 25.0. The number of para-hydroxylation sites is 2. The van der Waals surface area contributed by atoms with E-state index in [0.717, 1.165) is 11.4 Å². The molecule has 3 aromatic rings. The highest BCUT2D eigenvalue weighted by molar-refractivity contribution is 6.37. The van der Waals surface area contributed by atoms with Crippen molar-refractivity contribution in [3.8, 4) is 0 Å². The highest BCUT2D eigenvalue weighted by Gasteiger charge is 2.06. The molecule has 0 unspecified atom stereocenters. The number of hydrogen-bond donors (Lipinski definition) is 2. The Bertz CT molecular complexity index is 900. The first-order valence-electron chi connectivity index (χ1n) is 8.59. The Morgan fingerprint density at radius 2 is 0.929 bits per heavy atom. The maximum atomic E-state index is 12.1. The summed E-state index contributed by atoms with van der Waals surface area (Å²) in [4.78, 5) is 24.3. The number of hydrogen-bond acceptors (Lipinski definition) is 6. The molecule has 0 amide bonds. The largest absolute Gasteiger partial charge is 0.287 e. The molecule has 2 N–H and O–H groups in total. The predicted molar refractivity (Wildman–Crippen MR) is 112 cm³/mol. The number of benzene rings is 3. The van der Waals surface area contributed by atoms with E-state index in [-0.39, 0.29) is 11.6 Å². The second-order valence-electron chi connectivity index (χ2n) is 5.78. The Morgan fingerprint density at radius 1 is 0.571 bits per heavy atom. The molecule has 0 fully saturated rings. The first-order valence-corrected chi connectivity index (χ1v) is 8.59. The molecule has 0 saturated carbocycles. The molecule has 6 heteroatoms. The lowest BCUT2D eigenvalue weighted by Gasteiger charge is -2.00. The van der Waals surface area contributed by atoms with E-state index < -0.39 is 0 Å². The molecule has 0 heterocycles. The Morgan fingerprint density at radius 3 is 1.29 bits per heavy atom. The Balaban J connectivity index is 1.54. The van der Waals surface area contributed by atoms with Gasteiger partial charge in [0, 0.05) is 11.1 Å². The Kier molecular flexibility index (Phi) is 6.41. The summed E-state index contributed by atoms with van der Waals surface area (Å²) in [5.41, 5.74) is 8.02. The lowest BCUT2D eigenvalue weighted by Crippen LogP contribution is -2.05. The van der Waals surface area contributed by atoms with Crippen LogP contribution in [0.3, 0.4) is 0 Å². The summed E-state index contributed by atoms with van der Waals surface area (Å²) in [5.74, 6) is -0.524. The number of carbonyl (C=O) groups excluding carboxylic acids is 2. The monoisotopic (exact) mass is 370 g/mol. The normalized spacial score (nSPS) is 10.9. The number of Topliss-reactive ketones (excluding diaryl/α,β-unsaturated/α-hetero) is 2. The topological polar surface area (TPSA) is 82.9 Å². The van der Waals surface area contributed by atoms with Crippen LogP contribution in [0, 0.1) is 0 Å². The van der Waals surface area contributed by atoms with Crippen molar-refractivity contribution in [3.05, 3.63) is 96.1 Å². The van der Waals surface area contributed by atoms with Crippen LogP contribution >= 0.6 is 0 Å². The van der Waals surface area contributed by atoms with Gasteiger partial charge in [0.25, 0.3) is 0 Å². The van der Waals surface area contributed by atoms with Crippen LogP contribution in [0.15, 0.2) is 95.1 Å². The average Bonchev–Trinajstić information content (AvgIpc) is 2.75. The summed E-state index contributed by atoms with van der Waals surface area (Å²) in [5, 5.41) is 7.85. The van der Waals surface area contributed by atoms with E-state index in [1.54, 1.807) is 24.3 Å². The third-order valence-electron chi connectivity index (χ3n) is 3.75. The van der Waals surface area contributed by atoms with Crippen molar-refractivity contribution in [1.29, 1.82) is 0 Å². The van der Waals surface area contributed by atoms with Crippen LogP contribution in [0.1, 0.15) is 20.7 Å². The molecule has 0 saturated heterocycles. The van der Waals surface area contributed by atoms with E-state index in [1.807, 2.05) is 60.7 Å². The number of anilines is 2. The zero-order valence-electron chi connectivity index (χ0n) is 14.9. The van der Waals surface area contributed by atoms with Crippen molar-refractivity contribution in [2.45, 2.75) is 0 Å². The predicted octanol–water partition coefficient (Wildman–Crippen LogP) is 4.25. The SMILES string of the molecule is O=C(/C=N/Nc1ccccc1)c1ccc(C(=O)/C=N/Nc2ccccc2)cc1. The van der Waals surface area contributed by atoms with Gasteiger partial charge in [-0.05, 0) is 24.3 Å². The van der Waals surface area contributed by atoms with Crippen LogP contribution in [0.25, 0.3) is 0 Å². The number of carbonyl (C=O) groups is 2. The van der Waals surface area contributed by atoms with Gasteiger partial charge in [0.2, 0.25) is 11.6 Å². The Labute approximate surface area is 162 Å². The zero-order valence-corrected chi connectivity index (χ0v) is 14.9. The number of rotatable bonds is 8. The van der Waals surface area contributed by atoms with E-state index in [2.05, 4.69) is 21.1 Å². The van der Waals surface area contributed by atoms with E-state index in [1.165, 1.54) is 12.4 Å². The minimum Gasteiger partial charge on any atom is -0.287 e. The number of nitrogens with zero attached hydrogens (tertiary/aromatic N) is 2. The van der Waals surface area contributed by atoms with E-state index >= 15 is 0 Å². The fourth-order valence-corrected chi connectivity index (χ4v) is 2.30. The van der Waals surface area contributed by atoms with Crippen LogP contribution in [-0.4, -0.2) is 24.0 Å². The molecule has 0 aliphatic rings. The summed E-state index contributed by atoms with van der Waals surface area (Å²) in [7, 11) is 0. The fourth-order valence-electron chi connectivity index (χ4n) is 2.30. The molecule has 3 aromatic carbocycles. The van der Waals surface area contributed by atoms with Gasteiger partial charge in [-0.2, -0.15) is 10.2 Å². The van der Waals surface area contributed by atoms with Gasteiger partial charge in [0.05, 0.1) is 23.8 Å². The van der Waals surface area contributed by atoms with Crippen molar-refractivity contribution < 1.29 is 9.59 Å². The standard InChI is InChI=1S/C22H18N4O2/c27-21(15-23-25-19-7-3-1-4-8-19)17-11-13-18(14-12-17)22(28)16-24-26-20-9-5-2-6-10-20/h1-16,25-26H/b23-15+,24-16+. The smallest absolute Gasteiger partial charge is 0.205 e. The minimum atomic E-state index is -0.262. The van der Waals surface area contributed by atoms with Crippen LogP contribution in [0.5, 0.6) is 0 Å². The van der Waals surface area contributed by atoms with Crippen molar-refractivity contribution in [2.24, 2.45) is 10.2 Å². The average molecular weight is 370 g/mol. The van der Waals surface area contributed by atoms with Crippen LogP contribution < -0.4 is 10.9 Å². The van der Waals surface area contributed by atoms with Crippen molar-refractivity contribution in [3.63, 3.8) is 0 Å². The number of ketones is 2. The van der Waals surface area contributed by atoms with Gasteiger partial charge in [-0.15, -0.1) is 0 Å². The number of nitrogens with one attached hydrogen (secondary N) is 2. The van der Waals surface area contributed by atoms with Crippen LogP contribution in [0.2, 0.25) is 0 Å². The highest BCUT2D eigenvalue weighted by Crippen LogP contribution is 2.07. The maximum Gasteiger partial charge on any atom is 0.205 e. The molecule has 138 valence electrons. The van der Waals surface area contributed by atoms with E-state index in [0.29, 0.717) is 11.1 Å². The summed E-state index contributed by atoms with van der Waals surface area (Å²) in [6.45, 7) is 0. The van der Waals surface area contributed by atoms with Gasteiger partial charge in [0.15, 0.2) is 0 Å². The molecular formula is C22H18N4O2. The first-order chi connectivity index (χ1) is 13.7. The van der Waals surface area contributed by atoms with E-state index in [4.69, 9.17) is 0 Å². The van der Waals surface area contributed by atoms with Crippen LogP contribution in [-0.2, 0) is 0 Å². The molecule has 0 radical (unpaired) electrons. The van der Waals surface area contributed by atoms with Gasteiger partial charge in [-0.25, -0.2) is 0 Å². The van der Waals surface area contributed by atoms with Gasteiger partial charge in [-0.3, -0.25) is 20.4 Å². The molecule has 3 rings (SSSR count). The van der Waals surface area contributed by atoms with Crippen molar-refractivity contribution in [2.75, 3.05) is 10.9 Å². The molecule has 0 bridgehead atoms. The summed E-state index contributed by atoms with van der Waals surface area (Å²) >= 11 is 0. The molecule has 0 aliphatic carbocycles. The molecule has 28 heavy (non-hydrogen) atoms. The van der Waals surface area contributed by atoms with Gasteiger partial charge in [-0.1, -0.05) is 60.7 Å². The molecular weight excluding hydrogens is 352 g/mol. The first kappa shape index (κ1) is 18.7. The third kappa shape index (κ3) is 5.47. The third-order valence-corrected chi connectivity index (χ3v) is 3.75. The molecule has 0 atom stereocenters.